The summed E-state index contributed by atoms with van der Waals surface area (Å²) in [6.45, 7) is 5.56. The number of hydrogen-bond acceptors (Lipinski definition) is 4. The van der Waals surface area contributed by atoms with Crippen LogP contribution < -0.4 is 4.57 Å². The van der Waals surface area contributed by atoms with E-state index in [9.17, 15) is 43.2 Å². The average molecular weight is 444 g/mol. The first-order valence-corrected chi connectivity index (χ1v) is 10.2. The van der Waals surface area contributed by atoms with Crippen molar-refractivity contribution in [1.29, 1.82) is 0 Å². The van der Waals surface area contributed by atoms with Gasteiger partial charge in [0.15, 0.2) is 31.9 Å². The van der Waals surface area contributed by atoms with Crippen LogP contribution in [-0.2, 0) is 26.6 Å². The molecule has 0 unspecified atom stereocenters. The molecule has 1 rings (SSSR count). The third kappa shape index (κ3) is 8.43. The van der Waals surface area contributed by atoms with E-state index in [1.165, 1.54) is 31.5 Å². The van der Waals surface area contributed by atoms with Gasteiger partial charge in [0.1, 0.15) is 6.54 Å². The molecular weight excluding hydrogens is 426 g/mol. The van der Waals surface area contributed by atoms with Gasteiger partial charge in [-0.1, -0.05) is 19.4 Å². The number of unbranched alkanes of at least 4 members (excludes halogenated alkanes) is 2. The highest BCUT2D eigenvalue weighted by Gasteiger charge is 2.46. The molecule has 0 amide bonds. The molecule has 0 fully saturated rings. The van der Waals surface area contributed by atoms with E-state index < -0.39 is 31.1 Å². The van der Waals surface area contributed by atoms with Crippen LogP contribution in [0.25, 0.3) is 4.13 Å². The molecular formula is C13H18F6N2O4S2. The maximum Gasteiger partial charge on any atom is 0.480 e. The Morgan fingerprint density at radius 3 is 1.78 bits per heavy atom. The Morgan fingerprint density at radius 1 is 0.926 bits per heavy atom. The minimum Gasteiger partial charge on any atom is -0.421 e. The molecule has 1 heterocycles. The van der Waals surface area contributed by atoms with Gasteiger partial charge in [-0.25, -0.2) is 21.4 Å². The first kappa shape index (κ1) is 25.6. The highest BCUT2D eigenvalue weighted by atomic mass is 32.3. The van der Waals surface area contributed by atoms with Crippen LogP contribution in [0, 0.1) is 6.92 Å². The molecule has 0 aliphatic rings. The van der Waals surface area contributed by atoms with Crippen LogP contribution >= 0.6 is 0 Å². The number of aromatic nitrogens is 1. The molecule has 0 bridgehead atoms. The smallest absolute Gasteiger partial charge is 0.421 e. The summed E-state index contributed by atoms with van der Waals surface area (Å²) in [5.74, 6) is 0. The van der Waals surface area contributed by atoms with E-state index in [1.807, 2.05) is 0 Å². The zero-order chi connectivity index (χ0) is 21.5. The van der Waals surface area contributed by atoms with Crippen LogP contribution in [0.4, 0.5) is 26.3 Å². The molecule has 0 saturated carbocycles. The quantitative estimate of drug-likeness (QED) is 0.382. The summed E-state index contributed by atoms with van der Waals surface area (Å²) in [5, 5.41) is 0. The summed E-state index contributed by atoms with van der Waals surface area (Å²) in [7, 11) is -13.4. The Bertz CT molecular complexity index is 763. The number of hydrogen-bond donors (Lipinski definition) is 0. The van der Waals surface area contributed by atoms with Crippen LogP contribution in [0.1, 0.15) is 31.9 Å². The van der Waals surface area contributed by atoms with Gasteiger partial charge in [0.25, 0.3) is 0 Å². The molecule has 0 spiro atoms. The van der Waals surface area contributed by atoms with E-state index in [2.05, 4.69) is 42.8 Å². The summed E-state index contributed by atoms with van der Waals surface area (Å²) in [6.07, 6.45) is 6.09. The third-order valence-electron chi connectivity index (χ3n) is 2.95. The number of aryl methyl sites for hydroxylation is 2. The van der Waals surface area contributed by atoms with Crippen molar-refractivity contribution < 1.29 is 47.7 Å². The predicted octanol–water partition coefficient (Wildman–Crippen LogP) is 3.53. The number of nitrogens with zero attached hydrogens (tertiary/aromatic N) is 2. The lowest BCUT2D eigenvalue weighted by Crippen LogP contribution is -2.36. The van der Waals surface area contributed by atoms with Crippen molar-refractivity contribution in [3.8, 4) is 0 Å². The molecule has 0 aromatic carbocycles. The van der Waals surface area contributed by atoms with E-state index >= 15 is 0 Å². The topological polar surface area (TPSA) is 86.3 Å². The molecule has 0 radical (unpaired) electrons. The molecule has 6 nitrogen and oxygen atoms in total. The van der Waals surface area contributed by atoms with E-state index in [-0.39, 0.29) is 0 Å². The summed E-state index contributed by atoms with van der Waals surface area (Å²) in [4.78, 5) is 0. The first-order chi connectivity index (χ1) is 12.0. The van der Waals surface area contributed by atoms with Crippen molar-refractivity contribution in [3.63, 3.8) is 0 Å². The van der Waals surface area contributed by atoms with Crippen LogP contribution in [0.5, 0.6) is 0 Å². The number of pyridine rings is 1. The highest BCUT2D eigenvalue weighted by molar-refractivity contribution is 8.13. The lowest BCUT2D eigenvalue weighted by molar-refractivity contribution is -0.703. The second kappa shape index (κ2) is 9.68. The van der Waals surface area contributed by atoms with Gasteiger partial charge in [-0.15, -0.1) is 0 Å². The number of alkyl halides is 6. The van der Waals surface area contributed by atoms with Gasteiger partial charge < -0.3 is 4.13 Å². The largest absolute Gasteiger partial charge is 0.480 e. The minimum atomic E-state index is -6.72. The molecule has 1 aromatic heterocycles. The van der Waals surface area contributed by atoms with Gasteiger partial charge in [0.2, 0.25) is 0 Å². The minimum absolute atomic E-state index is 0.778. The van der Waals surface area contributed by atoms with E-state index in [0.29, 0.717) is 0 Å². The van der Waals surface area contributed by atoms with Gasteiger partial charge in [-0.3, -0.25) is 0 Å². The van der Waals surface area contributed by atoms with Crippen molar-refractivity contribution in [2.24, 2.45) is 0 Å². The molecule has 27 heavy (non-hydrogen) atoms. The Labute approximate surface area is 153 Å². The number of sulfonamides is 2. The Balaban J connectivity index is 0.000000511. The molecule has 1 aromatic rings. The number of halogens is 6. The van der Waals surface area contributed by atoms with Gasteiger partial charge in [-0.05, 0) is 6.42 Å². The first-order valence-electron chi connectivity index (χ1n) is 7.37. The fraction of sp³-hybridized carbons (Fsp3) is 0.615. The Kier molecular flexibility index (Phi) is 9.18. The Hall–Kier alpha value is -1.41. The van der Waals surface area contributed by atoms with Gasteiger partial charge in [0.05, 0.1) is 0 Å². The normalized spacial score (nSPS) is 13.0. The zero-order valence-corrected chi connectivity index (χ0v) is 15.9. The SMILES string of the molecule is CCCCC[n+]1ccccc1C.O=S(=O)([N-]S(=O)(=O)C(F)(F)F)C(F)(F)F. The third-order valence-corrected chi connectivity index (χ3v) is 5.69. The molecule has 0 atom stereocenters. The predicted molar refractivity (Wildman–Crippen MR) is 84.2 cm³/mol. The highest BCUT2D eigenvalue weighted by Crippen LogP contribution is 2.36. The van der Waals surface area contributed by atoms with E-state index in [4.69, 9.17) is 0 Å². The van der Waals surface area contributed by atoms with Crippen LogP contribution in [-0.4, -0.2) is 27.9 Å². The van der Waals surface area contributed by atoms with Crippen LogP contribution in [0.15, 0.2) is 24.4 Å². The summed E-state index contributed by atoms with van der Waals surface area (Å²) >= 11 is 0. The van der Waals surface area contributed by atoms with Crippen molar-refractivity contribution in [3.05, 3.63) is 34.2 Å². The second-order valence-electron chi connectivity index (χ2n) is 5.16. The van der Waals surface area contributed by atoms with Crippen molar-refractivity contribution in [1.82, 2.24) is 0 Å². The van der Waals surface area contributed by atoms with E-state index in [1.54, 1.807) is 0 Å². The van der Waals surface area contributed by atoms with Crippen molar-refractivity contribution in [2.45, 2.75) is 50.7 Å². The standard InChI is InChI=1S/C11H18N.C2F6NO4S2/c1-3-4-6-9-12-10-7-5-8-11(12)2;3-1(4,5)14(10,11)9-15(12,13)2(6,7)8/h5,7-8,10H,3-4,6,9H2,1-2H3;/q+1;-1. The lowest BCUT2D eigenvalue weighted by atomic mass is 10.2. The van der Waals surface area contributed by atoms with Crippen LogP contribution in [0.2, 0.25) is 0 Å². The molecule has 0 N–H and O–H groups in total. The molecule has 14 heteroatoms. The molecule has 0 saturated heterocycles. The monoisotopic (exact) mass is 444 g/mol. The zero-order valence-electron chi connectivity index (χ0n) is 14.2. The molecule has 158 valence electrons. The van der Waals surface area contributed by atoms with Crippen molar-refractivity contribution >= 4 is 20.0 Å². The van der Waals surface area contributed by atoms with Crippen molar-refractivity contribution in [2.75, 3.05) is 0 Å². The molecule has 0 aliphatic heterocycles. The average Bonchev–Trinajstić information content (AvgIpc) is 2.47. The van der Waals surface area contributed by atoms with E-state index in [0.717, 1.165) is 4.13 Å². The fourth-order valence-electron chi connectivity index (χ4n) is 1.56. The molecule has 0 aliphatic carbocycles. The van der Waals surface area contributed by atoms with Gasteiger partial charge in [0, 0.05) is 25.5 Å². The number of rotatable bonds is 6. The van der Waals surface area contributed by atoms with Gasteiger partial charge in [-0.2, -0.15) is 26.3 Å². The fourth-order valence-corrected chi connectivity index (χ4v) is 3.27. The Morgan fingerprint density at radius 2 is 1.41 bits per heavy atom. The van der Waals surface area contributed by atoms with Crippen LogP contribution in [0.3, 0.4) is 0 Å². The second-order valence-corrected chi connectivity index (χ2v) is 8.58. The maximum absolute atomic E-state index is 11.4. The maximum atomic E-state index is 11.4. The lowest BCUT2D eigenvalue weighted by Gasteiger charge is -2.22. The summed E-state index contributed by atoms with van der Waals surface area (Å²) in [5.41, 5.74) is -11.1. The summed E-state index contributed by atoms with van der Waals surface area (Å²) < 4.78 is 111. The van der Waals surface area contributed by atoms with Gasteiger partial charge >= 0.3 is 11.0 Å². The summed E-state index contributed by atoms with van der Waals surface area (Å²) in [6, 6.07) is 6.34.